The van der Waals surface area contributed by atoms with Crippen molar-refractivity contribution in [3.63, 3.8) is 0 Å². The molecule has 0 saturated carbocycles. The zero-order valence-corrected chi connectivity index (χ0v) is 8.42. The predicted molar refractivity (Wildman–Crippen MR) is 54.0 cm³/mol. The molecule has 1 fully saturated rings. The Morgan fingerprint density at radius 2 is 2.14 bits per heavy atom. The number of rotatable bonds is 2. The van der Waals surface area contributed by atoms with Crippen molar-refractivity contribution in [1.82, 2.24) is 4.98 Å². The largest absolute Gasteiger partial charge is 0.361 e. The molecule has 0 spiro atoms. The Labute approximate surface area is 85.6 Å². The van der Waals surface area contributed by atoms with Gasteiger partial charge < -0.3 is 4.90 Å². The van der Waals surface area contributed by atoms with E-state index < -0.39 is 0 Å². The summed E-state index contributed by atoms with van der Waals surface area (Å²) in [5.41, 5.74) is 0. The lowest BCUT2D eigenvalue weighted by atomic mass is 10.1. The van der Waals surface area contributed by atoms with E-state index >= 15 is 0 Å². The molecule has 1 saturated heterocycles. The number of carbonyl (C=O) groups excluding carboxylic acids is 2. The second-order valence-corrected chi connectivity index (χ2v) is 4.22. The number of aromatic nitrogens is 1. The molecular weight excluding hydrogens is 200 g/mol. The molecule has 0 N–H and O–H groups in total. The molecule has 1 aromatic heterocycles. The van der Waals surface area contributed by atoms with Crippen LogP contribution in [0, 0.1) is 0 Å². The maximum Gasteiger partial charge on any atom is 0.178 e. The highest BCUT2D eigenvalue weighted by molar-refractivity contribution is 7.17. The summed E-state index contributed by atoms with van der Waals surface area (Å²) in [5, 5.41) is 1.48. The average Bonchev–Trinajstić information content (AvgIpc) is 2.67. The highest BCUT2D eigenvalue weighted by Crippen LogP contribution is 2.24. The van der Waals surface area contributed by atoms with Crippen molar-refractivity contribution in [2.45, 2.75) is 12.8 Å². The van der Waals surface area contributed by atoms with Gasteiger partial charge in [-0.05, 0) is 0 Å². The minimum atomic E-state index is 0.321. The summed E-state index contributed by atoms with van der Waals surface area (Å²) in [7, 11) is 0. The third-order valence-electron chi connectivity index (χ3n) is 2.24. The van der Waals surface area contributed by atoms with Crippen LogP contribution in [-0.4, -0.2) is 30.1 Å². The number of nitrogens with zero attached hydrogens (tertiary/aromatic N) is 2. The maximum atomic E-state index is 11.0. The number of hydrogen-bond acceptors (Lipinski definition) is 5. The summed E-state index contributed by atoms with van der Waals surface area (Å²) in [5.74, 6) is 0.321. The smallest absolute Gasteiger partial charge is 0.178 e. The second kappa shape index (κ2) is 3.88. The van der Waals surface area contributed by atoms with Gasteiger partial charge in [0.15, 0.2) is 11.3 Å². The molecule has 1 aliphatic rings. The number of anilines is 1. The molecule has 14 heavy (non-hydrogen) atoms. The van der Waals surface area contributed by atoms with E-state index in [0.717, 1.165) is 24.4 Å². The lowest BCUT2D eigenvalue weighted by molar-refractivity contribution is -0.119. The molecule has 1 aromatic rings. The van der Waals surface area contributed by atoms with Crippen LogP contribution in [0.4, 0.5) is 5.00 Å². The van der Waals surface area contributed by atoms with Crippen molar-refractivity contribution in [1.29, 1.82) is 0 Å². The lowest BCUT2D eigenvalue weighted by Crippen LogP contribution is -2.33. The first kappa shape index (κ1) is 9.33. The van der Waals surface area contributed by atoms with Crippen molar-refractivity contribution < 1.29 is 9.59 Å². The maximum absolute atomic E-state index is 11.0. The first-order valence-electron chi connectivity index (χ1n) is 4.47. The minimum absolute atomic E-state index is 0.321. The van der Waals surface area contributed by atoms with Crippen LogP contribution in [0.25, 0.3) is 0 Å². The van der Waals surface area contributed by atoms with Gasteiger partial charge in [0, 0.05) is 25.9 Å². The number of piperidine rings is 1. The fourth-order valence-corrected chi connectivity index (χ4v) is 2.24. The highest BCUT2D eigenvalue weighted by Gasteiger charge is 2.17. The lowest BCUT2D eigenvalue weighted by Gasteiger charge is -2.25. The Hall–Kier alpha value is -1.23. The summed E-state index contributed by atoms with van der Waals surface area (Å²) in [6.07, 6.45) is 3.66. The molecule has 4 nitrogen and oxygen atoms in total. The van der Waals surface area contributed by atoms with E-state index in [9.17, 15) is 9.59 Å². The molecule has 1 aliphatic heterocycles. The van der Waals surface area contributed by atoms with Gasteiger partial charge in [-0.1, -0.05) is 11.3 Å². The molecule has 5 heteroatoms. The van der Waals surface area contributed by atoms with E-state index in [-0.39, 0.29) is 0 Å². The summed E-state index contributed by atoms with van der Waals surface area (Å²) in [6, 6.07) is 0. The van der Waals surface area contributed by atoms with Gasteiger partial charge in [-0.15, -0.1) is 0 Å². The van der Waals surface area contributed by atoms with Gasteiger partial charge in [0.05, 0.1) is 6.20 Å². The number of aldehydes is 1. The summed E-state index contributed by atoms with van der Waals surface area (Å²) in [6.45, 7) is 1.50. The minimum Gasteiger partial charge on any atom is -0.361 e. The Morgan fingerprint density at radius 1 is 1.43 bits per heavy atom. The Kier molecular flexibility index (Phi) is 2.58. The van der Waals surface area contributed by atoms with Crippen molar-refractivity contribution in [2.24, 2.45) is 0 Å². The number of Topliss-reactive ketones (excluding diaryl/α,β-unsaturated/α-hetero) is 1. The second-order valence-electron chi connectivity index (χ2n) is 3.18. The van der Waals surface area contributed by atoms with Gasteiger partial charge in [-0.3, -0.25) is 9.59 Å². The summed E-state index contributed by atoms with van der Waals surface area (Å²) < 4.78 is 0. The van der Waals surface area contributed by atoms with Crippen molar-refractivity contribution in [2.75, 3.05) is 18.0 Å². The highest BCUT2D eigenvalue weighted by atomic mass is 32.1. The first-order chi connectivity index (χ1) is 6.79. The summed E-state index contributed by atoms with van der Waals surface area (Å²) in [4.78, 5) is 27.5. The molecule has 0 amide bonds. The van der Waals surface area contributed by atoms with Gasteiger partial charge >= 0.3 is 0 Å². The van der Waals surface area contributed by atoms with Crippen LogP contribution in [0.1, 0.15) is 22.6 Å². The molecule has 0 aromatic carbocycles. The zero-order valence-electron chi connectivity index (χ0n) is 7.60. The van der Waals surface area contributed by atoms with Crippen LogP contribution in [-0.2, 0) is 4.79 Å². The molecule has 74 valence electrons. The van der Waals surface area contributed by atoms with Gasteiger partial charge in [-0.25, -0.2) is 4.98 Å². The topological polar surface area (TPSA) is 50.3 Å². The van der Waals surface area contributed by atoms with Crippen LogP contribution < -0.4 is 4.90 Å². The molecule has 2 heterocycles. The van der Waals surface area contributed by atoms with Gasteiger partial charge in [0.1, 0.15) is 10.8 Å². The first-order valence-corrected chi connectivity index (χ1v) is 5.29. The number of thiazole rings is 1. The number of ketones is 1. The van der Waals surface area contributed by atoms with E-state index in [2.05, 4.69) is 9.88 Å². The Balaban J connectivity index is 2.07. The third-order valence-corrected chi connectivity index (χ3v) is 3.23. The monoisotopic (exact) mass is 210 g/mol. The van der Waals surface area contributed by atoms with Crippen LogP contribution >= 0.6 is 11.3 Å². The average molecular weight is 210 g/mol. The number of hydrogen-bond donors (Lipinski definition) is 0. The quantitative estimate of drug-likeness (QED) is 0.686. The molecular formula is C9H10N2O2S. The van der Waals surface area contributed by atoms with Gasteiger partial charge in [0.2, 0.25) is 0 Å². The normalized spacial score (nSPS) is 17.1. The van der Waals surface area contributed by atoms with Gasteiger partial charge in [-0.2, -0.15) is 0 Å². The molecule has 0 unspecified atom stereocenters. The standard InChI is InChI=1S/C9H10N2O2S/c12-6-8-10-5-9(14-8)11-3-1-7(13)2-4-11/h5-6H,1-4H2. The SMILES string of the molecule is O=Cc1ncc(N2CCC(=O)CC2)s1. The van der Waals surface area contributed by atoms with Crippen molar-refractivity contribution >= 4 is 28.4 Å². The molecule has 0 atom stereocenters. The Morgan fingerprint density at radius 3 is 2.71 bits per heavy atom. The van der Waals surface area contributed by atoms with E-state index in [0.29, 0.717) is 23.6 Å². The molecule has 0 radical (unpaired) electrons. The van der Waals surface area contributed by atoms with Crippen LogP contribution in [0.3, 0.4) is 0 Å². The predicted octanol–water partition coefficient (Wildman–Crippen LogP) is 1.12. The third kappa shape index (κ3) is 1.82. The van der Waals surface area contributed by atoms with E-state index in [1.807, 2.05) is 0 Å². The van der Waals surface area contributed by atoms with Crippen LogP contribution in [0.5, 0.6) is 0 Å². The van der Waals surface area contributed by atoms with Crippen molar-refractivity contribution in [3.8, 4) is 0 Å². The zero-order chi connectivity index (χ0) is 9.97. The number of carbonyl (C=O) groups is 2. The summed E-state index contributed by atoms with van der Waals surface area (Å²) >= 11 is 1.38. The van der Waals surface area contributed by atoms with E-state index in [4.69, 9.17) is 0 Å². The fourth-order valence-electron chi connectivity index (χ4n) is 1.46. The molecule has 0 bridgehead atoms. The van der Waals surface area contributed by atoms with E-state index in [1.54, 1.807) is 6.20 Å². The molecule has 0 aliphatic carbocycles. The van der Waals surface area contributed by atoms with Crippen LogP contribution in [0.15, 0.2) is 6.20 Å². The van der Waals surface area contributed by atoms with Crippen molar-refractivity contribution in [3.05, 3.63) is 11.2 Å². The Bertz CT molecular complexity index is 351. The van der Waals surface area contributed by atoms with Gasteiger partial charge in [0.25, 0.3) is 0 Å². The van der Waals surface area contributed by atoms with E-state index in [1.165, 1.54) is 11.3 Å². The fraction of sp³-hybridized carbons (Fsp3) is 0.444. The van der Waals surface area contributed by atoms with Crippen LogP contribution in [0.2, 0.25) is 0 Å². The molecule has 2 rings (SSSR count).